The van der Waals surface area contributed by atoms with Gasteiger partial charge in [0.05, 0.1) is 13.2 Å². The maximum absolute atomic E-state index is 12.4. The molecule has 0 spiro atoms. The topological polar surface area (TPSA) is 60.6 Å². The Balaban J connectivity index is 1.67. The fourth-order valence-electron chi connectivity index (χ4n) is 2.54. The van der Waals surface area contributed by atoms with E-state index in [1.54, 1.807) is 12.1 Å². The van der Waals surface area contributed by atoms with Crippen LogP contribution in [0, 0.1) is 0 Å². The van der Waals surface area contributed by atoms with Crippen LogP contribution in [0.15, 0.2) is 22.7 Å². The molecule has 1 aromatic carbocycles. The van der Waals surface area contributed by atoms with Gasteiger partial charge in [0.25, 0.3) is 0 Å². The first-order valence-corrected chi connectivity index (χ1v) is 8.13. The molecule has 1 fully saturated rings. The zero-order valence-electron chi connectivity index (χ0n) is 14.4. The number of nitrogens with zero attached hydrogens (tertiary/aromatic N) is 3. The van der Waals surface area contributed by atoms with E-state index >= 15 is 0 Å². The van der Waals surface area contributed by atoms with Crippen molar-refractivity contribution in [1.29, 1.82) is 0 Å². The van der Waals surface area contributed by atoms with Gasteiger partial charge in [-0.25, -0.2) is 0 Å². The van der Waals surface area contributed by atoms with E-state index in [4.69, 9.17) is 9.26 Å². The lowest BCUT2D eigenvalue weighted by Gasteiger charge is -2.22. The molecule has 136 valence electrons. The first kappa shape index (κ1) is 17.6. The predicted octanol–water partition coefficient (Wildman–Crippen LogP) is 3.75. The minimum absolute atomic E-state index is 0.0166. The Hall–Kier alpha value is -2.22. The fourth-order valence-corrected chi connectivity index (χ4v) is 2.54. The highest BCUT2D eigenvalue weighted by Gasteiger charge is 2.30. The Morgan fingerprint density at radius 3 is 2.72 bits per heavy atom. The SMILES string of the molecule is COc1cc(CN(C)C(C)c2nc(C3CC3)no2)ccc1OC(F)F. The van der Waals surface area contributed by atoms with Gasteiger partial charge in [0.15, 0.2) is 17.3 Å². The summed E-state index contributed by atoms with van der Waals surface area (Å²) in [6.07, 6.45) is 2.24. The van der Waals surface area contributed by atoms with Crippen molar-refractivity contribution in [1.82, 2.24) is 15.0 Å². The van der Waals surface area contributed by atoms with Crippen molar-refractivity contribution in [2.75, 3.05) is 14.2 Å². The van der Waals surface area contributed by atoms with E-state index in [-0.39, 0.29) is 17.5 Å². The van der Waals surface area contributed by atoms with Gasteiger partial charge >= 0.3 is 6.61 Å². The zero-order valence-corrected chi connectivity index (χ0v) is 14.4. The third-order valence-electron chi connectivity index (χ3n) is 4.29. The second-order valence-corrected chi connectivity index (χ2v) is 6.22. The van der Waals surface area contributed by atoms with Gasteiger partial charge in [-0.1, -0.05) is 11.2 Å². The smallest absolute Gasteiger partial charge is 0.387 e. The van der Waals surface area contributed by atoms with Crippen LogP contribution in [0.5, 0.6) is 11.5 Å². The van der Waals surface area contributed by atoms with E-state index < -0.39 is 6.61 Å². The van der Waals surface area contributed by atoms with Crippen LogP contribution in [0.25, 0.3) is 0 Å². The molecule has 6 nitrogen and oxygen atoms in total. The van der Waals surface area contributed by atoms with Gasteiger partial charge in [0, 0.05) is 12.5 Å². The van der Waals surface area contributed by atoms with E-state index in [0.29, 0.717) is 18.4 Å². The number of rotatable bonds is 8. The van der Waals surface area contributed by atoms with Crippen molar-refractivity contribution in [3.63, 3.8) is 0 Å². The molecule has 1 aliphatic carbocycles. The third-order valence-corrected chi connectivity index (χ3v) is 4.29. The molecule has 1 heterocycles. The molecule has 0 aliphatic heterocycles. The summed E-state index contributed by atoms with van der Waals surface area (Å²) in [6.45, 7) is -0.343. The highest BCUT2D eigenvalue weighted by Crippen LogP contribution is 2.38. The van der Waals surface area contributed by atoms with Crippen LogP contribution in [0.2, 0.25) is 0 Å². The van der Waals surface area contributed by atoms with Crippen LogP contribution in [0.3, 0.4) is 0 Å². The number of halogens is 2. The van der Waals surface area contributed by atoms with Crippen LogP contribution in [0.4, 0.5) is 8.78 Å². The quantitative estimate of drug-likeness (QED) is 0.720. The Morgan fingerprint density at radius 2 is 2.08 bits per heavy atom. The molecule has 25 heavy (non-hydrogen) atoms. The summed E-state index contributed by atoms with van der Waals surface area (Å²) >= 11 is 0. The maximum atomic E-state index is 12.4. The Bertz CT molecular complexity index is 719. The first-order valence-electron chi connectivity index (χ1n) is 8.13. The van der Waals surface area contributed by atoms with Crippen LogP contribution >= 0.6 is 0 Å². The standard InChI is InChI=1S/C17H21F2N3O3/c1-10(16-20-15(21-25-16)12-5-6-12)22(2)9-11-4-7-13(24-17(18)19)14(8-11)23-3/h4,7-8,10,12,17H,5-6,9H2,1-3H3. The third kappa shape index (κ3) is 4.25. The predicted molar refractivity (Wildman–Crippen MR) is 85.8 cm³/mol. The van der Waals surface area contributed by atoms with Crippen LogP contribution in [0.1, 0.15) is 49.0 Å². The van der Waals surface area contributed by atoms with Gasteiger partial charge in [-0.05, 0) is 44.5 Å². The normalized spacial score (nSPS) is 15.6. The molecule has 1 saturated carbocycles. The van der Waals surface area contributed by atoms with E-state index in [1.165, 1.54) is 13.2 Å². The van der Waals surface area contributed by atoms with Gasteiger partial charge in [-0.3, -0.25) is 4.90 Å². The zero-order chi connectivity index (χ0) is 18.0. The summed E-state index contributed by atoms with van der Waals surface area (Å²) in [4.78, 5) is 6.50. The number of aromatic nitrogens is 2. The molecule has 3 rings (SSSR count). The van der Waals surface area contributed by atoms with Gasteiger partial charge < -0.3 is 14.0 Å². The molecular formula is C17H21F2N3O3. The monoisotopic (exact) mass is 353 g/mol. The van der Waals surface area contributed by atoms with Gasteiger partial charge in [-0.2, -0.15) is 13.8 Å². The summed E-state index contributed by atoms with van der Waals surface area (Å²) < 4.78 is 39.7. The molecule has 0 radical (unpaired) electrons. The first-order chi connectivity index (χ1) is 12.0. The average Bonchev–Trinajstić information content (AvgIpc) is 3.32. The van der Waals surface area contributed by atoms with E-state index in [9.17, 15) is 8.78 Å². The highest BCUT2D eigenvalue weighted by molar-refractivity contribution is 5.43. The summed E-state index contributed by atoms with van der Waals surface area (Å²) in [5, 5.41) is 4.03. The largest absolute Gasteiger partial charge is 0.493 e. The van der Waals surface area contributed by atoms with Crippen molar-refractivity contribution >= 4 is 0 Å². The number of methoxy groups -OCH3 is 1. The lowest BCUT2D eigenvalue weighted by Crippen LogP contribution is -2.22. The molecule has 0 bridgehead atoms. The van der Waals surface area contributed by atoms with Crippen LogP contribution < -0.4 is 9.47 Å². The van der Waals surface area contributed by atoms with Gasteiger partial charge in [-0.15, -0.1) is 0 Å². The van der Waals surface area contributed by atoms with Crippen molar-refractivity contribution in [2.45, 2.75) is 44.9 Å². The molecule has 0 N–H and O–H groups in total. The van der Waals surface area contributed by atoms with Crippen LogP contribution in [-0.2, 0) is 6.54 Å². The summed E-state index contributed by atoms with van der Waals surface area (Å²) in [6, 6.07) is 4.83. The van der Waals surface area contributed by atoms with Crippen molar-refractivity contribution < 1.29 is 22.8 Å². The number of benzene rings is 1. The minimum Gasteiger partial charge on any atom is -0.493 e. The lowest BCUT2D eigenvalue weighted by atomic mass is 10.1. The average molecular weight is 353 g/mol. The van der Waals surface area contributed by atoms with E-state index in [2.05, 4.69) is 14.9 Å². The second kappa shape index (κ2) is 7.35. The number of hydrogen-bond acceptors (Lipinski definition) is 6. The van der Waals surface area contributed by atoms with E-state index in [1.807, 2.05) is 18.9 Å². The minimum atomic E-state index is -2.89. The fraction of sp³-hybridized carbons (Fsp3) is 0.529. The molecule has 1 unspecified atom stereocenters. The molecule has 1 atom stereocenters. The van der Waals surface area contributed by atoms with Gasteiger partial charge in [0.1, 0.15) is 0 Å². The Labute approximate surface area is 144 Å². The second-order valence-electron chi connectivity index (χ2n) is 6.22. The Kier molecular flexibility index (Phi) is 5.17. The van der Waals surface area contributed by atoms with Crippen molar-refractivity contribution in [2.24, 2.45) is 0 Å². The summed E-state index contributed by atoms with van der Waals surface area (Å²) in [5.74, 6) is 2.09. The molecule has 2 aromatic rings. The van der Waals surface area contributed by atoms with Crippen LogP contribution in [-0.4, -0.2) is 35.8 Å². The van der Waals surface area contributed by atoms with Gasteiger partial charge in [0.2, 0.25) is 5.89 Å². The molecular weight excluding hydrogens is 332 g/mol. The van der Waals surface area contributed by atoms with Crippen molar-refractivity contribution in [3.05, 3.63) is 35.5 Å². The molecule has 0 amide bonds. The number of ether oxygens (including phenoxy) is 2. The molecule has 1 aliphatic rings. The van der Waals surface area contributed by atoms with E-state index in [0.717, 1.165) is 24.2 Å². The summed E-state index contributed by atoms with van der Waals surface area (Å²) in [5.41, 5.74) is 0.898. The highest BCUT2D eigenvalue weighted by atomic mass is 19.3. The summed E-state index contributed by atoms with van der Waals surface area (Å²) in [7, 11) is 3.35. The van der Waals surface area contributed by atoms with Crippen molar-refractivity contribution in [3.8, 4) is 11.5 Å². The molecule has 8 heteroatoms. The molecule has 0 saturated heterocycles. The lowest BCUT2D eigenvalue weighted by molar-refractivity contribution is -0.0512. The number of hydrogen-bond donors (Lipinski definition) is 0. The Morgan fingerprint density at radius 1 is 1.32 bits per heavy atom. The molecule has 1 aromatic heterocycles. The maximum Gasteiger partial charge on any atom is 0.387 e. The number of alkyl halides is 2.